The molecule has 0 unspecified atom stereocenters. The smallest absolute Gasteiger partial charge is 0.290 e. The van der Waals surface area contributed by atoms with E-state index >= 15 is 0 Å². The number of carbonyl (C=O) groups excluding carboxylic acids is 2. The minimum Gasteiger partial charge on any atom is -0.483 e. The zero-order chi connectivity index (χ0) is 22.2. The zero-order valence-corrected chi connectivity index (χ0v) is 17.9. The van der Waals surface area contributed by atoms with Crippen LogP contribution in [0.2, 0.25) is 0 Å². The van der Waals surface area contributed by atoms with Crippen LogP contribution >= 0.6 is 0 Å². The van der Waals surface area contributed by atoms with Gasteiger partial charge in [0.2, 0.25) is 5.91 Å². The molecule has 0 spiro atoms. The Balaban J connectivity index is 0.000000858. The van der Waals surface area contributed by atoms with Gasteiger partial charge in [0.15, 0.2) is 5.69 Å². The SMILES string of the molecule is CCOCC(=O)NC[C@H]1[C@H]2C[C@H](CN(C(=O)c3ccon3)C2)[C@@H]2CCCCN21.O=CO. The molecular formula is C21H32N4O6. The molecule has 2 bridgehead atoms. The number of carboxylic acid groups (broad SMARTS) is 1. The lowest BCUT2D eigenvalue weighted by Crippen LogP contribution is -2.66. The first-order chi connectivity index (χ1) is 15.1. The van der Waals surface area contributed by atoms with E-state index in [1.165, 1.54) is 25.5 Å². The largest absolute Gasteiger partial charge is 0.483 e. The third-order valence-corrected chi connectivity index (χ3v) is 6.51. The summed E-state index contributed by atoms with van der Waals surface area (Å²) in [5.74, 6) is 0.734. The van der Waals surface area contributed by atoms with Gasteiger partial charge in [0.05, 0.1) is 0 Å². The average Bonchev–Trinajstić information content (AvgIpc) is 3.32. The van der Waals surface area contributed by atoms with Crippen LogP contribution in [-0.2, 0) is 14.3 Å². The summed E-state index contributed by atoms with van der Waals surface area (Å²) in [6.45, 7) is 5.47. The second-order valence-corrected chi connectivity index (χ2v) is 8.27. The fraction of sp³-hybridized carbons (Fsp3) is 0.714. The second kappa shape index (κ2) is 11.2. The summed E-state index contributed by atoms with van der Waals surface area (Å²) in [5, 5.41) is 13.8. The molecule has 3 saturated heterocycles. The third kappa shape index (κ3) is 5.62. The molecule has 31 heavy (non-hydrogen) atoms. The van der Waals surface area contributed by atoms with Crippen LogP contribution in [0.1, 0.15) is 43.1 Å². The number of hydrogen-bond donors (Lipinski definition) is 2. The number of nitrogens with zero attached hydrogens (tertiary/aromatic N) is 3. The lowest BCUT2D eigenvalue weighted by Gasteiger charge is -2.56. The molecule has 2 amide bonds. The lowest BCUT2D eigenvalue weighted by atomic mass is 9.72. The zero-order valence-electron chi connectivity index (χ0n) is 17.9. The molecule has 1 aromatic heterocycles. The minimum absolute atomic E-state index is 0.0492. The lowest BCUT2D eigenvalue weighted by molar-refractivity contribution is -0.127. The summed E-state index contributed by atoms with van der Waals surface area (Å²) in [7, 11) is 0. The number of ether oxygens (including phenoxy) is 1. The summed E-state index contributed by atoms with van der Waals surface area (Å²) >= 11 is 0. The van der Waals surface area contributed by atoms with E-state index in [-0.39, 0.29) is 30.9 Å². The van der Waals surface area contributed by atoms with Crippen molar-refractivity contribution in [3.8, 4) is 0 Å². The molecule has 172 valence electrons. The monoisotopic (exact) mass is 436 g/mol. The van der Waals surface area contributed by atoms with Gasteiger partial charge < -0.3 is 24.6 Å². The van der Waals surface area contributed by atoms with Crippen LogP contribution in [0.4, 0.5) is 0 Å². The van der Waals surface area contributed by atoms with Crippen molar-refractivity contribution in [3.63, 3.8) is 0 Å². The van der Waals surface area contributed by atoms with E-state index in [9.17, 15) is 9.59 Å². The van der Waals surface area contributed by atoms with Crippen molar-refractivity contribution < 1.29 is 28.8 Å². The Morgan fingerprint density at radius 3 is 2.84 bits per heavy atom. The van der Waals surface area contributed by atoms with Gasteiger partial charge in [-0.25, -0.2) is 0 Å². The summed E-state index contributed by atoms with van der Waals surface area (Å²) in [6.07, 6.45) is 6.18. The molecule has 4 atom stereocenters. The number of rotatable bonds is 6. The maximum Gasteiger partial charge on any atom is 0.290 e. The molecule has 4 rings (SSSR count). The standard InChI is InChI=1S/C20H30N4O4.CH2O2/c1-2-27-13-19(25)21-10-18-15-9-14(17-5-3-4-7-24(17)18)11-23(12-15)20(26)16-6-8-28-22-16;2-1-3/h6,8,14-15,17-18H,2-5,7,9-13H2,1H3,(H,21,25);1H,(H,2,3)/t14-,15+,17+,18+;/m1./s1. The molecule has 0 aliphatic carbocycles. The van der Waals surface area contributed by atoms with Crippen molar-refractivity contribution in [3.05, 3.63) is 18.0 Å². The van der Waals surface area contributed by atoms with Gasteiger partial charge in [-0.05, 0) is 44.6 Å². The van der Waals surface area contributed by atoms with Gasteiger partial charge in [-0.3, -0.25) is 19.3 Å². The van der Waals surface area contributed by atoms with Crippen molar-refractivity contribution >= 4 is 18.3 Å². The molecule has 1 aromatic rings. The maximum atomic E-state index is 12.8. The Hall–Kier alpha value is -2.46. The van der Waals surface area contributed by atoms with Crippen molar-refractivity contribution in [2.75, 3.05) is 39.4 Å². The van der Waals surface area contributed by atoms with Crippen LogP contribution in [0.15, 0.2) is 16.9 Å². The van der Waals surface area contributed by atoms with Crippen LogP contribution < -0.4 is 5.32 Å². The molecule has 2 N–H and O–H groups in total. The Labute approximate surface area is 181 Å². The summed E-state index contributed by atoms with van der Waals surface area (Å²) in [6, 6.07) is 2.39. The average molecular weight is 437 g/mol. The molecule has 0 aromatic carbocycles. The van der Waals surface area contributed by atoms with Crippen molar-refractivity contribution in [2.45, 2.75) is 44.7 Å². The van der Waals surface area contributed by atoms with E-state index in [2.05, 4.69) is 15.4 Å². The highest BCUT2D eigenvalue weighted by Gasteiger charge is 2.48. The van der Waals surface area contributed by atoms with Gasteiger partial charge in [0.1, 0.15) is 12.9 Å². The number of carbonyl (C=O) groups is 3. The summed E-state index contributed by atoms with van der Waals surface area (Å²) < 4.78 is 10.1. The van der Waals surface area contributed by atoms with E-state index in [1.807, 2.05) is 11.8 Å². The number of likely N-dealkylation sites (tertiary alicyclic amines) is 1. The van der Waals surface area contributed by atoms with Gasteiger partial charge in [0.25, 0.3) is 12.4 Å². The Kier molecular flexibility index (Phi) is 8.42. The van der Waals surface area contributed by atoms with Gasteiger partial charge in [-0.15, -0.1) is 0 Å². The molecule has 0 radical (unpaired) electrons. The molecule has 4 heterocycles. The van der Waals surface area contributed by atoms with Crippen LogP contribution in [0, 0.1) is 11.8 Å². The number of nitrogens with one attached hydrogen (secondary N) is 1. The molecule has 10 heteroatoms. The quantitative estimate of drug-likeness (QED) is 0.629. The molecular weight excluding hydrogens is 404 g/mol. The van der Waals surface area contributed by atoms with Crippen LogP contribution in [-0.4, -0.2) is 89.8 Å². The van der Waals surface area contributed by atoms with E-state index in [4.69, 9.17) is 19.2 Å². The molecule has 3 aliphatic heterocycles. The van der Waals surface area contributed by atoms with Crippen molar-refractivity contribution in [2.24, 2.45) is 11.8 Å². The van der Waals surface area contributed by atoms with E-state index in [1.54, 1.807) is 6.07 Å². The van der Waals surface area contributed by atoms with E-state index < -0.39 is 0 Å². The van der Waals surface area contributed by atoms with Crippen LogP contribution in [0.25, 0.3) is 0 Å². The molecule has 10 nitrogen and oxygen atoms in total. The third-order valence-electron chi connectivity index (χ3n) is 6.51. The predicted octanol–water partition coefficient (Wildman–Crippen LogP) is 0.843. The number of aromatic nitrogens is 1. The minimum atomic E-state index is -0.250. The molecule has 3 aliphatic rings. The van der Waals surface area contributed by atoms with Crippen LogP contribution in [0.3, 0.4) is 0 Å². The highest BCUT2D eigenvalue weighted by atomic mass is 16.5. The fourth-order valence-corrected chi connectivity index (χ4v) is 5.30. The predicted molar refractivity (Wildman–Crippen MR) is 110 cm³/mol. The number of piperidine rings is 3. The number of amides is 2. The van der Waals surface area contributed by atoms with Crippen molar-refractivity contribution in [1.82, 2.24) is 20.3 Å². The normalized spacial score (nSPS) is 27.5. The fourth-order valence-electron chi connectivity index (χ4n) is 5.30. The summed E-state index contributed by atoms with van der Waals surface area (Å²) in [4.78, 5) is 37.8. The Morgan fingerprint density at radius 2 is 2.13 bits per heavy atom. The van der Waals surface area contributed by atoms with Gasteiger partial charge >= 0.3 is 0 Å². The highest BCUT2D eigenvalue weighted by molar-refractivity contribution is 5.92. The second-order valence-electron chi connectivity index (χ2n) is 8.27. The first-order valence-corrected chi connectivity index (χ1v) is 11.0. The van der Waals surface area contributed by atoms with Gasteiger partial charge in [-0.1, -0.05) is 11.6 Å². The molecule has 0 saturated carbocycles. The number of hydrogen-bond acceptors (Lipinski definition) is 7. The van der Waals surface area contributed by atoms with Crippen LogP contribution in [0.5, 0.6) is 0 Å². The summed E-state index contributed by atoms with van der Waals surface area (Å²) in [5.41, 5.74) is 0.377. The highest BCUT2D eigenvalue weighted by Crippen LogP contribution is 2.41. The maximum absolute atomic E-state index is 12.8. The van der Waals surface area contributed by atoms with Crippen molar-refractivity contribution in [1.29, 1.82) is 0 Å². The first-order valence-electron chi connectivity index (χ1n) is 11.0. The van der Waals surface area contributed by atoms with E-state index in [0.29, 0.717) is 43.3 Å². The van der Waals surface area contributed by atoms with E-state index in [0.717, 1.165) is 19.5 Å². The Bertz CT molecular complexity index is 727. The van der Waals surface area contributed by atoms with Gasteiger partial charge in [-0.2, -0.15) is 0 Å². The molecule has 3 fully saturated rings. The topological polar surface area (TPSA) is 125 Å². The first kappa shape index (κ1) is 23.2. The number of fused-ring (bicyclic) bond motifs is 4. The van der Waals surface area contributed by atoms with Gasteiger partial charge in [0, 0.05) is 44.4 Å². The Morgan fingerprint density at radius 1 is 1.35 bits per heavy atom.